The molecule has 0 aromatic heterocycles. The molecule has 1 atom stereocenters. The molecule has 0 radical (unpaired) electrons. The zero-order chi connectivity index (χ0) is 19.3. The second-order valence-corrected chi connectivity index (χ2v) is 6.10. The third kappa shape index (κ3) is 5.08. The van der Waals surface area contributed by atoms with Gasteiger partial charge in [0.05, 0.1) is 11.1 Å². The minimum absolute atomic E-state index is 0.0000431. The molecule has 10 heteroatoms. The van der Waals surface area contributed by atoms with Gasteiger partial charge in [0.15, 0.2) is 0 Å². The Labute approximate surface area is 158 Å². The fraction of sp³-hybridized carbons (Fsp3) is 0.125. The Morgan fingerprint density at radius 2 is 2.04 bits per heavy atom. The molecule has 2 rings (SSSR count). The number of halogens is 2. The zero-order valence-corrected chi connectivity index (χ0v) is 15.0. The average Bonchev–Trinajstić information content (AvgIpc) is 2.57. The lowest BCUT2D eigenvalue weighted by Crippen LogP contribution is -2.34. The Bertz CT molecular complexity index is 873. The molecule has 26 heavy (non-hydrogen) atoms. The van der Waals surface area contributed by atoms with Crippen molar-refractivity contribution in [1.29, 1.82) is 0 Å². The molecule has 0 unspecified atom stereocenters. The van der Waals surface area contributed by atoms with Crippen molar-refractivity contribution in [3.63, 3.8) is 0 Å². The van der Waals surface area contributed by atoms with Crippen LogP contribution in [0, 0.1) is 10.1 Å². The molecule has 0 bridgehead atoms. The number of hydrazone groups is 1. The summed E-state index contributed by atoms with van der Waals surface area (Å²) >= 11 is 11.7. The van der Waals surface area contributed by atoms with Gasteiger partial charge in [-0.3, -0.25) is 14.9 Å². The SMILES string of the molecule is C[C@@H](Nc1cccc(Cl)c1)C(=O)N/N=C\c1cc(Cl)cc([N+](=O)[O-])c1O. The van der Waals surface area contributed by atoms with Gasteiger partial charge in [0.1, 0.15) is 6.04 Å². The van der Waals surface area contributed by atoms with Crippen LogP contribution in [-0.4, -0.2) is 28.2 Å². The molecular formula is C16H14Cl2N4O4. The fourth-order valence-electron chi connectivity index (χ4n) is 2.00. The lowest BCUT2D eigenvalue weighted by atomic mass is 10.2. The van der Waals surface area contributed by atoms with Crippen molar-refractivity contribution in [1.82, 2.24) is 5.43 Å². The summed E-state index contributed by atoms with van der Waals surface area (Å²) in [4.78, 5) is 22.1. The van der Waals surface area contributed by atoms with Crippen LogP contribution in [0.3, 0.4) is 0 Å². The van der Waals surface area contributed by atoms with Crippen molar-refractivity contribution >= 4 is 46.7 Å². The summed E-state index contributed by atoms with van der Waals surface area (Å²) in [7, 11) is 0. The van der Waals surface area contributed by atoms with E-state index in [0.717, 1.165) is 12.3 Å². The van der Waals surface area contributed by atoms with Gasteiger partial charge >= 0.3 is 5.69 Å². The number of phenols is 1. The van der Waals surface area contributed by atoms with Gasteiger partial charge in [-0.15, -0.1) is 0 Å². The Hall–Kier alpha value is -2.84. The van der Waals surface area contributed by atoms with Crippen LogP contribution in [0.4, 0.5) is 11.4 Å². The number of benzene rings is 2. The number of carbonyl (C=O) groups excluding carboxylic acids is 1. The number of phenolic OH excluding ortho intramolecular Hbond substituents is 1. The fourth-order valence-corrected chi connectivity index (χ4v) is 2.41. The van der Waals surface area contributed by atoms with Crippen molar-refractivity contribution in [3.8, 4) is 5.75 Å². The van der Waals surface area contributed by atoms with Gasteiger partial charge in [0, 0.05) is 27.4 Å². The highest BCUT2D eigenvalue weighted by molar-refractivity contribution is 6.31. The third-order valence-corrected chi connectivity index (χ3v) is 3.71. The Morgan fingerprint density at radius 1 is 1.31 bits per heavy atom. The van der Waals surface area contributed by atoms with Gasteiger partial charge in [-0.1, -0.05) is 29.3 Å². The molecule has 0 aliphatic rings. The lowest BCUT2D eigenvalue weighted by molar-refractivity contribution is -0.385. The highest BCUT2D eigenvalue weighted by atomic mass is 35.5. The van der Waals surface area contributed by atoms with E-state index < -0.39 is 28.3 Å². The number of hydrogen-bond acceptors (Lipinski definition) is 6. The van der Waals surface area contributed by atoms with E-state index in [-0.39, 0.29) is 10.6 Å². The van der Waals surface area contributed by atoms with Gasteiger partial charge in [-0.25, -0.2) is 5.43 Å². The first-order chi connectivity index (χ1) is 12.3. The van der Waals surface area contributed by atoms with E-state index in [1.807, 2.05) is 0 Å². The second kappa shape index (κ2) is 8.50. The first kappa shape index (κ1) is 19.5. The van der Waals surface area contributed by atoms with E-state index >= 15 is 0 Å². The van der Waals surface area contributed by atoms with Gasteiger partial charge in [-0.2, -0.15) is 5.10 Å². The molecule has 3 N–H and O–H groups in total. The summed E-state index contributed by atoms with van der Waals surface area (Å²) in [6, 6.07) is 8.53. The minimum Gasteiger partial charge on any atom is -0.502 e. The van der Waals surface area contributed by atoms with Crippen LogP contribution in [0.2, 0.25) is 10.0 Å². The summed E-state index contributed by atoms with van der Waals surface area (Å²) in [5, 5.41) is 27.9. The second-order valence-electron chi connectivity index (χ2n) is 5.23. The van der Waals surface area contributed by atoms with Crippen molar-refractivity contribution in [2.45, 2.75) is 13.0 Å². The Kier molecular flexibility index (Phi) is 6.37. The van der Waals surface area contributed by atoms with Crippen LogP contribution in [0.1, 0.15) is 12.5 Å². The largest absolute Gasteiger partial charge is 0.502 e. The molecule has 8 nitrogen and oxygen atoms in total. The standard InChI is InChI=1S/C16H14Cl2N4O4/c1-9(20-13-4-2-3-11(17)6-13)16(24)21-19-8-10-5-12(18)7-14(15(10)23)22(25)26/h2-9,20,23H,1H3,(H,21,24)/b19-8-/t9-/m1/s1. The number of amides is 1. The predicted molar refractivity (Wildman–Crippen MR) is 100 cm³/mol. The minimum atomic E-state index is -0.770. The highest BCUT2D eigenvalue weighted by Crippen LogP contribution is 2.32. The molecule has 0 saturated carbocycles. The third-order valence-electron chi connectivity index (χ3n) is 3.26. The molecule has 2 aromatic rings. The molecular weight excluding hydrogens is 383 g/mol. The van der Waals surface area contributed by atoms with E-state index in [1.54, 1.807) is 31.2 Å². The summed E-state index contributed by atoms with van der Waals surface area (Å²) in [6.45, 7) is 1.62. The maximum absolute atomic E-state index is 12.0. The molecule has 0 saturated heterocycles. The Morgan fingerprint density at radius 3 is 2.69 bits per heavy atom. The van der Waals surface area contributed by atoms with Crippen molar-refractivity contribution in [2.24, 2.45) is 5.10 Å². The lowest BCUT2D eigenvalue weighted by Gasteiger charge is -2.13. The van der Waals surface area contributed by atoms with Gasteiger partial charge < -0.3 is 10.4 Å². The number of hydrogen-bond donors (Lipinski definition) is 3. The Balaban J connectivity index is 2.03. The van der Waals surface area contributed by atoms with Crippen molar-refractivity contribution in [3.05, 3.63) is 62.1 Å². The maximum atomic E-state index is 12.0. The molecule has 0 spiro atoms. The van der Waals surface area contributed by atoms with E-state index in [4.69, 9.17) is 23.2 Å². The van der Waals surface area contributed by atoms with Gasteiger partial charge in [0.2, 0.25) is 5.75 Å². The first-order valence-electron chi connectivity index (χ1n) is 7.30. The number of nitrogens with zero attached hydrogens (tertiary/aromatic N) is 2. The summed E-state index contributed by atoms with van der Waals surface area (Å²) in [5.74, 6) is -1.06. The van der Waals surface area contributed by atoms with Crippen molar-refractivity contribution in [2.75, 3.05) is 5.32 Å². The first-order valence-corrected chi connectivity index (χ1v) is 8.05. The van der Waals surface area contributed by atoms with Crippen LogP contribution >= 0.6 is 23.2 Å². The normalized spacial score (nSPS) is 12.0. The van der Waals surface area contributed by atoms with Gasteiger partial charge in [0.25, 0.3) is 5.91 Å². The van der Waals surface area contributed by atoms with Crippen LogP contribution in [0.15, 0.2) is 41.5 Å². The van der Waals surface area contributed by atoms with Crippen LogP contribution in [0.25, 0.3) is 0 Å². The number of nitro benzene ring substituents is 1. The van der Waals surface area contributed by atoms with Crippen molar-refractivity contribution < 1.29 is 14.8 Å². The number of nitro groups is 1. The molecule has 0 aliphatic heterocycles. The summed E-state index contributed by atoms with van der Waals surface area (Å²) < 4.78 is 0. The number of nitrogens with one attached hydrogen (secondary N) is 2. The number of rotatable bonds is 6. The number of aromatic hydroxyl groups is 1. The van der Waals surface area contributed by atoms with Gasteiger partial charge in [-0.05, 0) is 31.2 Å². The van der Waals surface area contributed by atoms with Crippen LogP contribution in [-0.2, 0) is 4.79 Å². The number of anilines is 1. The topological polar surface area (TPSA) is 117 Å². The van der Waals surface area contributed by atoms with Crippen LogP contribution in [0.5, 0.6) is 5.75 Å². The smallest absolute Gasteiger partial charge is 0.312 e. The highest BCUT2D eigenvalue weighted by Gasteiger charge is 2.18. The van der Waals surface area contributed by atoms with E-state index in [1.165, 1.54) is 6.07 Å². The molecule has 0 heterocycles. The predicted octanol–water partition coefficient (Wildman–Crippen LogP) is 3.56. The monoisotopic (exact) mass is 396 g/mol. The van der Waals surface area contributed by atoms with E-state index in [2.05, 4.69) is 15.8 Å². The number of carbonyl (C=O) groups is 1. The molecule has 0 aliphatic carbocycles. The summed E-state index contributed by atoms with van der Waals surface area (Å²) in [6.07, 6.45) is 1.07. The van der Waals surface area contributed by atoms with E-state index in [9.17, 15) is 20.0 Å². The molecule has 0 fully saturated rings. The van der Waals surface area contributed by atoms with E-state index in [0.29, 0.717) is 10.7 Å². The average molecular weight is 397 g/mol. The maximum Gasteiger partial charge on any atom is 0.312 e. The molecule has 136 valence electrons. The summed E-state index contributed by atoms with van der Waals surface area (Å²) in [5.41, 5.74) is 2.38. The van der Waals surface area contributed by atoms with Crippen LogP contribution < -0.4 is 10.7 Å². The zero-order valence-electron chi connectivity index (χ0n) is 13.4. The molecule has 1 amide bonds. The quantitative estimate of drug-likeness (QED) is 0.392. The molecule has 2 aromatic carbocycles.